The van der Waals surface area contributed by atoms with Crippen LogP contribution in [0.2, 0.25) is 0 Å². The molecule has 0 atom stereocenters. The van der Waals surface area contributed by atoms with E-state index in [0.717, 1.165) is 6.07 Å². The minimum Gasteiger partial charge on any atom is -0.449 e. The average Bonchev–Trinajstić information content (AvgIpc) is 2.60. The molecule has 1 aromatic carbocycles. The summed E-state index contributed by atoms with van der Waals surface area (Å²) in [6.07, 6.45) is -1.47. The summed E-state index contributed by atoms with van der Waals surface area (Å²) in [4.78, 5) is 21.8. The van der Waals surface area contributed by atoms with Gasteiger partial charge in [0.05, 0.1) is 11.8 Å². The Morgan fingerprint density at radius 1 is 1.31 bits per heavy atom. The third-order valence-electron chi connectivity index (χ3n) is 1.91. The maximum Gasteiger partial charge on any atom is 0.512 e. The second-order valence-electron chi connectivity index (χ2n) is 3.00. The van der Waals surface area contributed by atoms with Gasteiger partial charge in [-0.25, -0.2) is 9.48 Å². The van der Waals surface area contributed by atoms with Gasteiger partial charge in [0.15, 0.2) is 0 Å². The van der Waals surface area contributed by atoms with Crippen molar-refractivity contribution in [3.05, 3.63) is 46.8 Å². The Labute approximate surface area is 89.7 Å². The van der Waals surface area contributed by atoms with E-state index < -0.39 is 6.16 Å². The van der Waals surface area contributed by atoms with Crippen molar-refractivity contribution in [1.29, 1.82) is 0 Å². The van der Waals surface area contributed by atoms with Gasteiger partial charge in [0, 0.05) is 0 Å². The zero-order valence-corrected chi connectivity index (χ0v) is 8.08. The lowest BCUT2D eigenvalue weighted by Gasteiger charge is -2.00. The van der Waals surface area contributed by atoms with E-state index in [2.05, 4.69) is 9.84 Å². The molecular weight excluding hydrogens is 212 g/mol. The summed E-state index contributed by atoms with van der Waals surface area (Å²) in [6.45, 7) is 0. The highest BCUT2D eigenvalue weighted by molar-refractivity contribution is 5.60. The minimum atomic E-state index is -1.47. The molecule has 0 spiro atoms. The highest BCUT2D eigenvalue weighted by atomic mass is 16.7. The van der Waals surface area contributed by atoms with Crippen LogP contribution < -0.4 is 10.3 Å². The Kier molecular flexibility index (Phi) is 2.47. The number of nitrogens with zero attached hydrogens (tertiary/aromatic N) is 1. The number of para-hydroxylation sites is 1. The lowest BCUT2D eigenvalue weighted by atomic mass is 10.3. The first-order valence-electron chi connectivity index (χ1n) is 4.45. The zero-order valence-electron chi connectivity index (χ0n) is 8.08. The standard InChI is InChI=1S/C10H8N2O4/c13-9-6-8(16-10(14)15)11-12(9)7-4-2-1-3-5-7/h1-6,11H,(H,14,15). The van der Waals surface area contributed by atoms with Gasteiger partial charge in [0.25, 0.3) is 5.56 Å². The molecular formula is C10H8N2O4. The van der Waals surface area contributed by atoms with Crippen molar-refractivity contribution >= 4 is 6.16 Å². The van der Waals surface area contributed by atoms with Crippen molar-refractivity contribution < 1.29 is 14.6 Å². The largest absolute Gasteiger partial charge is 0.512 e. The summed E-state index contributed by atoms with van der Waals surface area (Å²) in [7, 11) is 0. The Balaban J connectivity index is 2.40. The second-order valence-corrected chi connectivity index (χ2v) is 3.00. The molecule has 0 bridgehead atoms. The van der Waals surface area contributed by atoms with Crippen LogP contribution in [0.25, 0.3) is 5.69 Å². The van der Waals surface area contributed by atoms with E-state index >= 15 is 0 Å². The first-order chi connectivity index (χ1) is 7.66. The van der Waals surface area contributed by atoms with Gasteiger partial charge < -0.3 is 9.84 Å². The number of hydrogen-bond acceptors (Lipinski definition) is 3. The number of carbonyl (C=O) groups is 1. The van der Waals surface area contributed by atoms with Crippen LogP contribution in [-0.2, 0) is 0 Å². The normalized spacial score (nSPS) is 10.0. The number of carboxylic acid groups (broad SMARTS) is 1. The molecule has 2 rings (SSSR count). The molecule has 0 unspecified atom stereocenters. The van der Waals surface area contributed by atoms with Crippen LogP contribution in [0.3, 0.4) is 0 Å². The van der Waals surface area contributed by atoms with Gasteiger partial charge >= 0.3 is 6.16 Å². The summed E-state index contributed by atoms with van der Waals surface area (Å²) in [5, 5.41) is 10.9. The van der Waals surface area contributed by atoms with E-state index in [-0.39, 0.29) is 11.4 Å². The van der Waals surface area contributed by atoms with Crippen LogP contribution >= 0.6 is 0 Å². The van der Waals surface area contributed by atoms with E-state index in [9.17, 15) is 9.59 Å². The molecule has 82 valence electrons. The van der Waals surface area contributed by atoms with E-state index in [1.165, 1.54) is 4.68 Å². The second kappa shape index (κ2) is 3.93. The highest BCUT2D eigenvalue weighted by Gasteiger charge is 2.08. The van der Waals surface area contributed by atoms with Crippen molar-refractivity contribution in [2.24, 2.45) is 0 Å². The minimum absolute atomic E-state index is 0.110. The maximum atomic E-state index is 11.5. The SMILES string of the molecule is O=C(O)Oc1cc(=O)n(-c2ccccc2)[nH]1. The Morgan fingerprint density at radius 3 is 2.62 bits per heavy atom. The third kappa shape index (κ3) is 1.95. The topological polar surface area (TPSA) is 84.3 Å². The number of H-pyrrole nitrogens is 1. The smallest absolute Gasteiger partial charge is 0.449 e. The fraction of sp³-hybridized carbons (Fsp3) is 0. The lowest BCUT2D eigenvalue weighted by Crippen LogP contribution is -2.13. The monoisotopic (exact) mass is 220 g/mol. The number of rotatable bonds is 2. The molecule has 6 nitrogen and oxygen atoms in total. The number of ether oxygens (including phenoxy) is 1. The summed E-state index contributed by atoms with van der Waals surface area (Å²) >= 11 is 0. The molecule has 0 radical (unpaired) electrons. The van der Waals surface area contributed by atoms with Gasteiger partial charge in [0.1, 0.15) is 0 Å². The number of benzene rings is 1. The fourth-order valence-corrected chi connectivity index (χ4v) is 1.29. The maximum absolute atomic E-state index is 11.5. The number of aromatic amines is 1. The van der Waals surface area contributed by atoms with Crippen LogP contribution in [0.5, 0.6) is 5.88 Å². The van der Waals surface area contributed by atoms with Gasteiger partial charge in [0.2, 0.25) is 5.88 Å². The first kappa shape index (κ1) is 10.0. The van der Waals surface area contributed by atoms with E-state index in [1.807, 2.05) is 6.07 Å². The molecule has 0 fully saturated rings. The molecule has 0 saturated heterocycles. The van der Waals surface area contributed by atoms with Gasteiger partial charge in [-0.2, -0.15) is 0 Å². The molecule has 2 aromatic rings. The molecule has 0 saturated carbocycles. The first-order valence-corrected chi connectivity index (χ1v) is 4.45. The van der Waals surface area contributed by atoms with E-state index in [1.54, 1.807) is 24.3 Å². The molecule has 6 heteroatoms. The van der Waals surface area contributed by atoms with Crippen LogP contribution in [0.1, 0.15) is 0 Å². The van der Waals surface area contributed by atoms with Crippen LogP contribution in [0.4, 0.5) is 4.79 Å². The van der Waals surface area contributed by atoms with Crippen LogP contribution in [0.15, 0.2) is 41.2 Å². The van der Waals surface area contributed by atoms with Gasteiger partial charge in [-0.15, -0.1) is 0 Å². The molecule has 1 aromatic heterocycles. The molecule has 0 aliphatic heterocycles. The number of aromatic nitrogens is 2. The predicted molar refractivity (Wildman–Crippen MR) is 55.0 cm³/mol. The van der Waals surface area contributed by atoms with E-state index in [0.29, 0.717) is 5.69 Å². The molecule has 16 heavy (non-hydrogen) atoms. The van der Waals surface area contributed by atoms with Crippen molar-refractivity contribution in [3.8, 4) is 11.6 Å². The number of nitrogens with one attached hydrogen (secondary N) is 1. The Morgan fingerprint density at radius 2 is 2.00 bits per heavy atom. The summed E-state index contributed by atoms with van der Waals surface area (Å²) in [6, 6.07) is 9.83. The van der Waals surface area contributed by atoms with Crippen molar-refractivity contribution in [3.63, 3.8) is 0 Å². The van der Waals surface area contributed by atoms with Gasteiger partial charge in [-0.1, -0.05) is 18.2 Å². The predicted octanol–water partition coefficient (Wildman–Crippen LogP) is 1.22. The Hall–Kier alpha value is -2.50. The molecule has 0 aliphatic rings. The zero-order chi connectivity index (χ0) is 11.5. The van der Waals surface area contributed by atoms with Crippen molar-refractivity contribution in [2.45, 2.75) is 0 Å². The highest BCUT2D eigenvalue weighted by Crippen LogP contribution is 2.07. The molecule has 0 amide bonds. The van der Waals surface area contributed by atoms with Crippen LogP contribution in [-0.4, -0.2) is 21.0 Å². The molecule has 2 N–H and O–H groups in total. The van der Waals surface area contributed by atoms with Crippen molar-refractivity contribution in [2.75, 3.05) is 0 Å². The van der Waals surface area contributed by atoms with Crippen molar-refractivity contribution in [1.82, 2.24) is 9.78 Å². The Bertz CT molecular complexity index is 556. The third-order valence-corrected chi connectivity index (χ3v) is 1.91. The van der Waals surface area contributed by atoms with Crippen LogP contribution in [0, 0.1) is 0 Å². The van der Waals surface area contributed by atoms with Gasteiger partial charge in [-0.05, 0) is 12.1 Å². The summed E-state index contributed by atoms with van der Waals surface area (Å²) in [5.41, 5.74) is 0.218. The van der Waals surface area contributed by atoms with E-state index in [4.69, 9.17) is 5.11 Å². The average molecular weight is 220 g/mol. The number of hydrogen-bond donors (Lipinski definition) is 2. The van der Waals surface area contributed by atoms with Gasteiger partial charge in [-0.3, -0.25) is 9.89 Å². The summed E-state index contributed by atoms with van der Waals surface area (Å²) < 4.78 is 5.53. The lowest BCUT2D eigenvalue weighted by molar-refractivity contribution is 0.142. The summed E-state index contributed by atoms with van der Waals surface area (Å²) in [5.74, 6) is -0.110. The molecule has 0 aliphatic carbocycles. The molecule has 1 heterocycles. The quantitative estimate of drug-likeness (QED) is 0.745. The fourth-order valence-electron chi connectivity index (χ4n) is 1.29.